The van der Waals surface area contributed by atoms with Gasteiger partial charge in [-0.3, -0.25) is 4.99 Å². The molecule has 0 spiro atoms. The van der Waals surface area contributed by atoms with Crippen molar-refractivity contribution in [3.8, 4) is 0 Å². The first-order valence-electron chi connectivity index (χ1n) is 9.57. The third-order valence-corrected chi connectivity index (χ3v) is 4.92. The quantitative estimate of drug-likeness (QED) is 0.398. The smallest absolute Gasteiger partial charge is 0.190 e. The highest BCUT2D eigenvalue weighted by molar-refractivity contribution is 5.79. The van der Waals surface area contributed by atoms with Crippen LogP contribution in [0.2, 0.25) is 0 Å². The molecule has 0 aliphatic carbocycles. The molecule has 2 fully saturated rings. The van der Waals surface area contributed by atoms with Gasteiger partial charge in [0.1, 0.15) is 0 Å². The van der Waals surface area contributed by atoms with E-state index in [0.717, 1.165) is 51.7 Å². The lowest BCUT2D eigenvalue weighted by Crippen LogP contribution is -2.46. The second-order valence-electron chi connectivity index (χ2n) is 7.19. The van der Waals surface area contributed by atoms with Crippen LogP contribution in [0.5, 0.6) is 0 Å². The van der Waals surface area contributed by atoms with Gasteiger partial charge in [0, 0.05) is 45.9 Å². The summed E-state index contributed by atoms with van der Waals surface area (Å²) in [5.41, 5.74) is 0. The van der Waals surface area contributed by atoms with E-state index in [2.05, 4.69) is 34.4 Å². The first-order valence-corrected chi connectivity index (χ1v) is 9.57. The van der Waals surface area contributed by atoms with E-state index in [1.165, 1.54) is 25.9 Å². The van der Waals surface area contributed by atoms with Gasteiger partial charge in [0.05, 0.1) is 12.7 Å². The van der Waals surface area contributed by atoms with Gasteiger partial charge in [-0.05, 0) is 52.0 Å². The van der Waals surface area contributed by atoms with Crippen molar-refractivity contribution in [1.82, 2.24) is 15.5 Å². The van der Waals surface area contributed by atoms with E-state index < -0.39 is 0 Å². The van der Waals surface area contributed by atoms with Crippen LogP contribution in [-0.4, -0.2) is 76.1 Å². The van der Waals surface area contributed by atoms with Crippen LogP contribution >= 0.6 is 0 Å². The van der Waals surface area contributed by atoms with Crippen molar-refractivity contribution in [2.45, 2.75) is 51.7 Å². The number of hydrogen-bond acceptors (Lipinski definition) is 4. The SMILES string of the molecule is CN=C(NCCCOC1CCOC1)NCC1CCCN(C(C)C)C1. The second-order valence-corrected chi connectivity index (χ2v) is 7.19. The fourth-order valence-electron chi connectivity index (χ4n) is 3.37. The molecule has 0 saturated carbocycles. The van der Waals surface area contributed by atoms with E-state index in [9.17, 15) is 0 Å². The van der Waals surface area contributed by atoms with Gasteiger partial charge in [0.25, 0.3) is 0 Å². The van der Waals surface area contributed by atoms with Gasteiger partial charge in [-0.1, -0.05) is 0 Å². The number of rotatable bonds is 8. The minimum atomic E-state index is 0.303. The molecule has 2 heterocycles. The zero-order valence-corrected chi connectivity index (χ0v) is 15.7. The van der Waals surface area contributed by atoms with Gasteiger partial charge in [-0.15, -0.1) is 0 Å². The summed E-state index contributed by atoms with van der Waals surface area (Å²) in [6.07, 6.45) is 4.94. The zero-order valence-electron chi connectivity index (χ0n) is 15.7. The summed E-state index contributed by atoms with van der Waals surface area (Å²) in [4.78, 5) is 6.90. The van der Waals surface area contributed by atoms with Gasteiger partial charge >= 0.3 is 0 Å². The van der Waals surface area contributed by atoms with E-state index in [-0.39, 0.29) is 0 Å². The maximum absolute atomic E-state index is 5.78. The van der Waals surface area contributed by atoms with E-state index >= 15 is 0 Å². The predicted molar refractivity (Wildman–Crippen MR) is 98.6 cm³/mol. The number of piperidine rings is 1. The van der Waals surface area contributed by atoms with E-state index in [1.54, 1.807) is 0 Å². The summed E-state index contributed by atoms with van der Waals surface area (Å²) < 4.78 is 11.1. The van der Waals surface area contributed by atoms with Gasteiger partial charge in [-0.25, -0.2) is 0 Å². The normalized spacial score (nSPS) is 26.1. The summed E-state index contributed by atoms with van der Waals surface area (Å²) in [7, 11) is 1.84. The van der Waals surface area contributed by atoms with Gasteiger partial charge in [0.15, 0.2) is 5.96 Å². The molecule has 2 N–H and O–H groups in total. The Labute approximate surface area is 147 Å². The summed E-state index contributed by atoms with van der Waals surface area (Å²) in [6.45, 7) is 11.3. The molecule has 2 rings (SSSR count). The molecule has 140 valence electrons. The van der Waals surface area contributed by atoms with Crippen LogP contribution in [0.4, 0.5) is 0 Å². The summed E-state index contributed by atoms with van der Waals surface area (Å²) in [6, 6.07) is 0.649. The maximum atomic E-state index is 5.78. The Kier molecular flexibility index (Phi) is 8.84. The van der Waals surface area contributed by atoms with Gasteiger partial charge in [0.2, 0.25) is 0 Å². The highest BCUT2D eigenvalue weighted by Crippen LogP contribution is 2.17. The van der Waals surface area contributed by atoms with Crippen LogP contribution in [-0.2, 0) is 9.47 Å². The number of guanidine groups is 1. The molecule has 2 saturated heterocycles. The highest BCUT2D eigenvalue weighted by atomic mass is 16.5. The third-order valence-electron chi connectivity index (χ3n) is 4.92. The van der Waals surface area contributed by atoms with Crippen molar-refractivity contribution in [3.63, 3.8) is 0 Å². The number of likely N-dealkylation sites (tertiary alicyclic amines) is 1. The molecule has 24 heavy (non-hydrogen) atoms. The third kappa shape index (κ3) is 6.95. The minimum Gasteiger partial charge on any atom is -0.379 e. The fourth-order valence-corrected chi connectivity index (χ4v) is 3.37. The van der Waals surface area contributed by atoms with E-state index in [0.29, 0.717) is 18.1 Å². The lowest BCUT2D eigenvalue weighted by atomic mass is 9.97. The number of ether oxygens (including phenoxy) is 2. The minimum absolute atomic E-state index is 0.303. The Bertz CT molecular complexity index is 370. The highest BCUT2D eigenvalue weighted by Gasteiger charge is 2.21. The topological polar surface area (TPSA) is 58.1 Å². The van der Waals surface area contributed by atoms with Crippen LogP contribution in [0, 0.1) is 5.92 Å². The summed E-state index contributed by atoms with van der Waals surface area (Å²) >= 11 is 0. The number of nitrogens with one attached hydrogen (secondary N) is 2. The molecule has 2 aliphatic rings. The van der Waals surface area contributed by atoms with E-state index in [4.69, 9.17) is 9.47 Å². The molecule has 2 atom stereocenters. The Morgan fingerprint density at radius 1 is 1.33 bits per heavy atom. The molecule has 0 amide bonds. The zero-order chi connectivity index (χ0) is 17.2. The molecule has 0 bridgehead atoms. The number of nitrogens with zero attached hydrogens (tertiary/aromatic N) is 2. The van der Waals surface area contributed by atoms with Crippen LogP contribution in [0.3, 0.4) is 0 Å². The Morgan fingerprint density at radius 3 is 2.92 bits per heavy atom. The van der Waals surface area contributed by atoms with Crippen LogP contribution in [0.25, 0.3) is 0 Å². The van der Waals surface area contributed by atoms with Crippen molar-refractivity contribution in [3.05, 3.63) is 0 Å². The van der Waals surface area contributed by atoms with Crippen LogP contribution in [0.1, 0.15) is 39.5 Å². The molecule has 0 aromatic heterocycles. The second kappa shape index (κ2) is 10.9. The number of hydrogen-bond donors (Lipinski definition) is 2. The Balaban J connectivity index is 1.55. The first-order chi connectivity index (χ1) is 11.7. The van der Waals surface area contributed by atoms with Crippen molar-refractivity contribution >= 4 is 5.96 Å². The van der Waals surface area contributed by atoms with Crippen LogP contribution < -0.4 is 10.6 Å². The van der Waals surface area contributed by atoms with Crippen molar-refractivity contribution < 1.29 is 9.47 Å². The standard InChI is InChI=1S/C18H36N4O2/c1-15(2)22-9-4-6-16(13-22)12-21-18(19-3)20-8-5-10-24-17-7-11-23-14-17/h15-17H,4-14H2,1-3H3,(H2,19,20,21). The molecule has 0 radical (unpaired) electrons. The monoisotopic (exact) mass is 340 g/mol. The average molecular weight is 341 g/mol. The largest absolute Gasteiger partial charge is 0.379 e. The van der Waals surface area contributed by atoms with E-state index in [1.807, 2.05) is 7.05 Å². The van der Waals surface area contributed by atoms with Crippen molar-refractivity contribution in [2.24, 2.45) is 10.9 Å². The molecule has 6 nitrogen and oxygen atoms in total. The lowest BCUT2D eigenvalue weighted by molar-refractivity contribution is 0.0420. The Hall–Kier alpha value is -0.850. The molecular weight excluding hydrogens is 304 g/mol. The van der Waals surface area contributed by atoms with Crippen LogP contribution in [0.15, 0.2) is 4.99 Å². The number of aliphatic imine (C=N–C) groups is 1. The molecule has 6 heteroatoms. The summed E-state index contributed by atoms with van der Waals surface area (Å²) in [5.74, 6) is 1.62. The van der Waals surface area contributed by atoms with Gasteiger partial charge in [-0.2, -0.15) is 0 Å². The summed E-state index contributed by atoms with van der Waals surface area (Å²) in [5, 5.41) is 6.86. The first kappa shape index (κ1) is 19.5. The van der Waals surface area contributed by atoms with Crippen molar-refractivity contribution in [2.75, 3.05) is 53.0 Å². The fraction of sp³-hybridized carbons (Fsp3) is 0.944. The molecule has 2 unspecified atom stereocenters. The predicted octanol–water partition coefficient (Wildman–Crippen LogP) is 1.47. The van der Waals surface area contributed by atoms with Gasteiger partial charge < -0.3 is 25.0 Å². The average Bonchev–Trinajstić information content (AvgIpc) is 3.11. The molecular formula is C18H36N4O2. The molecule has 2 aliphatic heterocycles. The van der Waals surface area contributed by atoms with Crippen molar-refractivity contribution in [1.29, 1.82) is 0 Å². The Morgan fingerprint density at radius 2 is 2.21 bits per heavy atom. The lowest BCUT2D eigenvalue weighted by Gasteiger charge is -2.35. The molecule has 0 aromatic rings. The maximum Gasteiger partial charge on any atom is 0.190 e. The molecule has 0 aromatic carbocycles.